The van der Waals surface area contributed by atoms with Crippen LogP contribution < -0.4 is 0 Å². The molecule has 27 heavy (non-hydrogen) atoms. The molecule has 6 heteroatoms. The highest BCUT2D eigenvalue weighted by Crippen LogP contribution is 2.33. The van der Waals surface area contributed by atoms with E-state index in [0.29, 0.717) is 47.8 Å². The van der Waals surface area contributed by atoms with Crippen LogP contribution >= 0.6 is 0 Å². The van der Waals surface area contributed by atoms with Gasteiger partial charge in [-0.1, -0.05) is 19.1 Å². The first-order valence-electron chi connectivity index (χ1n) is 9.71. The molecule has 2 atom stereocenters. The third kappa shape index (κ3) is 3.38. The average Bonchev–Trinajstić information content (AvgIpc) is 3.33. The van der Waals surface area contributed by atoms with E-state index in [-0.39, 0.29) is 11.7 Å². The number of benzene rings is 1. The van der Waals surface area contributed by atoms with Crippen molar-refractivity contribution in [3.63, 3.8) is 0 Å². The van der Waals surface area contributed by atoms with Crippen molar-refractivity contribution < 1.29 is 13.6 Å². The van der Waals surface area contributed by atoms with Crippen LogP contribution in [0.1, 0.15) is 46.6 Å². The Morgan fingerprint density at radius 2 is 2.15 bits per heavy atom. The van der Waals surface area contributed by atoms with E-state index >= 15 is 0 Å². The molecule has 1 amide bonds. The number of hydrogen-bond donors (Lipinski definition) is 0. The molecule has 0 N–H and O–H groups in total. The number of aryl methyl sites for hydroxylation is 3. The van der Waals surface area contributed by atoms with Gasteiger partial charge in [-0.05, 0) is 49.9 Å². The zero-order valence-electron chi connectivity index (χ0n) is 16.2. The second-order valence-electron chi connectivity index (χ2n) is 7.76. The Hall–Kier alpha value is -2.21. The van der Waals surface area contributed by atoms with Crippen LogP contribution in [0.4, 0.5) is 4.39 Å². The van der Waals surface area contributed by atoms with Gasteiger partial charge in [0.05, 0.1) is 5.69 Å². The van der Waals surface area contributed by atoms with Crippen molar-refractivity contribution in [3.05, 3.63) is 52.5 Å². The van der Waals surface area contributed by atoms with Gasteiger partial charge < -0.3 is 9.32 Å². The lowest BCUT2D eigenvalue weighted by atomic mass is 10.0. The van der Waals surface area contributed by atoms with Crippen LogP contribution in [-0.2, 0) is 13.0 Å². The first-order chi connectivity index (χ1) is 13.0. The minimum Gasteiger partial charge on any atom is -0.435 e. The fourth-order valence-corrected chi connectivity index (χ4v) is 4.40. The summed E-state index contributed by atoms with van der Waals surface area (Å²) < 4.78 is 19.2. The summed E-state index contributed by atoms with van der Waals surface area (Å²) in [4.78, 5) is 21.6. The van der Waals surface area contributed by atoms with Gasteiger partial charge in [0.25, 0.3) is 5.91 Å². The molecule has 1 aromatic heterocycles. The lowest BCUT2D eigenvalue weighted by Crippen LogP contribution is -2.36. The molecule has 4 rings (SSSR count). The van der Waals surface area contributed by atoms with E-state index in [2.05, 4.69) is 9.88 Å². The molecule has 2 aliphatic heterocycles. The largest absolute Gasteiger partial charge is 0.435 e. The number of fused-ring (bicyclic) bond motifs is 1. The SMILES string of the molecule is CCc1nc(C)c(C(=O)N2CC3CCN(Cc4ccc(F)c(C)c4)C3C2)o1. The molecule has 2 fully saturated rings. The zero-order chi connectivity index (χ0) is 19.1. The summed E-state index contributed by atoms with van der Waals surface area (Å²) in [6.07, 6.45) is 1.77. The number of nitrogens with zero attached hydrogens (tertiary/aromatic N) is 3. The smallest absolute Gasteiger partial charge is 0.291 e. The molecule has 3 heterocycles. The van der Waals surface area contributed by atoms with Gasteiger partial charge in [0, 0.05) is 32.1 Å². The molecule has 5 nitrogen and oxygen atoms in total. The van der Waals surface area contributed by atoms with Gasteiger partial charge in [-0.3, -0.25) is 9.69 Å². The van der Waals surface area contributed by atoms with E-state index in [4.69, 9.17) is 4.42 Å². The Morgan fingerprint density at radius 1 is 1.33 bits per heavy atom. The number of hydrogen-bond acceptors (Lipinski definition) is 4. The van der Waals surface area contributed by atoms with Crippen LogP contribution in [0.25, 0.3) is 0 Å². The molecular formula is C21H26FN3O2. The highest BCUT2D eigenvalue weighted by atomic mass is 19.1. The summed E-state index contributed by atoms with van der Waals surface area (Å²) in [5.74, 6) is 1.27. The van der Waals surface area contributed by atoms with Gasteiger partial charge in [-0.2, -0.15) is 0 Å². The van der Waals surface area contributed by atoms with E-state index in [1.807, 2.05) is 30.9 Å². The van der Waals surface area contributed by atoms with E-state index in [1.165, 1.54) is 0 Å². The normalized spacial score (nSPS) is 22.4. The van der Waals surface area contributed by atoms with Gasteiger partial charge in [0.1, 0.15) is 5.82 Å². The molecule has 0 spiro atoms. The average molecular weight is 371 g/mol. The summed E-state index contributed by atoms with van der Waals surface area (Å²) in [7, 11) is 0. The number of carbonyl (C=O) groups excluding carboxylic acids is 1. The number of oxazole rings is 1. The molecule has 0 aliphatic carbocycles. The number of rotatable bonds is 4. The first-order valence-corrected chi connectivity index (χ1v) is 9.71. The van der Waals surface area contributed by atoms with E-state index in [9.17, 15) is 9.18 Å². The Balaban J connectivity index is 1.45. The summed E-state index contributed by atoms with van der Waals surface area (Å²) in [5.41, 5.74) is 2.48. The van der Waals surface area contributed by atoms with Crippen molar-refractivity contribution >= 4 is 5.91 Å². The van der Waals surface area contributed by atoms with E-state index in [0.717, 1.165) is 31.6 Å². The molecule has 0 saturated carbocycles. The Labute approximate surface area is 159 Å². The van der Waals surface area contributed by atoms with Gasteiger partial charge in [-0.25, -0.2) is 9.37 Å². The molecule has 1 aromatic carbocycles. The quantitative estimate of drug-likeness (QED) is 0.827. The second kappa shape index (κ2) is 7.08. The van der Waals surface area contributed by atoms with Crippen LogP contribution in [-0.4, -0.2) is 46.4 Å². The summed E-state index contributed by atoms with van der Waals surface area (Å²) in [6, 6.07) is 5.68. The van der Waals surface area contributed by atoms with Crippen molar-refractivity contribution in [3.8, 4) is 0 Å². The van der Waals surface area contributed by atoms with Crippen molar-refractivity contribution in [2.75, 3.05) is 19.6 Å². The van der Waals surface area contributed by atoms with Gasteiger partial charge in [0.2, 0.25) is 5.76 Å². The van der Waals surface area contributed by atoms with E-state index in [1.54, 1.807) is 13.0 Å². The molecule has 2 aromatic rings. The summed E-state index contributed by atoms with van der Waals surface area (Å²) >= 11 is 0. The van der Waals surface area contributed by atoms with Crippen LogP contribution in [0.15, 0.2) is 22.6 Å². The van der Waals surface area contributed by atoms with E-state index < -0.39 is 0 Å². The van der Waals surface area contributed by atoms with Crippen LogP contribution in [0.2, 0.25) is 0 Å². The maximum atomic E-state index is 13.5. The standard InChI is InChI=1S/C21H26FN3O2/c1-4-19-23-14(3)20(27-19)21(26)25-11-16-7-8-24(18(16)12-25)10-15-5-6-17(22)13(2)9-15/h5-6,9,16,18H,4,7-8,10-12H2,1-3H3. The Bertz CT molecular complexity index is 863. The third-order valence-electron chi connectivity index (χ3n) is 5.90. The van der Waals surface area contributed by atoms with Crippen molar-refractivity contribution in [1.82, 2.24) is 14.8 Å². The zero-order valence-corrected chi connectivity index (χ0v) is 16.2. The molecule has 2 unspecified atom stereocenters. The van der Waals surface area contributed by atoms with Crippen LogP contribution in [0, 0.1) is 25.6 Å². The number of likely N-dealkylation sites (tertiary alicyclic amines) is 2. The third-order valence-corrected chi connectivity index (χ3v) is 5.90. The predicted octanol–water partition coefficient (Wildman–Crippen LogP) is 3.34. The van der Waals surface area contributed by atoms with Crippen LogP contribution in [0.3, 0.4) is 0 Å². The number of aromatic nitrogens is 1. The molecule has 2 aliphatic rings. The molecule has 0 radical (unpaired) electrons. The number of halogens is 1. The maximum Gasteiger partial charge on any atom is 0.291 e. The van der Waals surface area contributed by atoms with Crippen LogP contribution in [0.5, 0.6) is 0 Å². The minimum atomic E-state index is -0.162. The fourth-order valence-electron chi connectivity index (χ4n) is 4.40. The van der Waals surface area contributed by atoms with Gasteiger partial charge in [-0.15, -0.1) is 0 Å². The number of amides is 1. The lowest BCUT2D eigenvalue weighted by molar-refractivity contribution is 0.0736. The highest BCUT2D eigenvalue weighted by molar-refractivity contribution is 5.92. The predicted molar refractivity (Wildman–Crippen MR) is 100.0 cm³/mol. The first kappa shape index (κ1) is 18.2. The summed E-state index contributed by atoms with van der Waals surface area (Å²) in [5, 5.41) is 0. The second-order valence-corrected chi connectivity index (χ2v) is 7.76. The molecular weight excluding hydrogens is 345 g/mol. The van der Waals surface area contributed by atoms with Crippen molar-refractivity contribution in [2.45, 2.75) is 46.2 Å². The van der Waals surface area contributed by atoms with Crippen molar-refractivity contribution in [1.29, 1.82) is 0 Å². The Morgan fingerprint density at radius 3 is 2.85 bits per heavy atom. The molecule has 2 saturated heterocycles. The lowest BCUT2D eigenvalue weighted by Gasteiger charge is -2.24. The Kier molecular flexibility index (Phi) is 4.76. The fraction of sp³-hybridized carbons (Fsp3) is 0.524. The molecule has 0 bridgehead atoms. The molecule has 144 valence electrons. The highest BCUT2D eigenvalue weighted by Gasteiger charge is 2.43. The van der Waals surface area contributed by atoms with Gasteiger partial charge >= 0.3 is 0 Å². The van der Waals surface area contributed by atoms with Crippen molar-refractivity contribution in [2.24, 2.45) is 5.92 Å². The van der Waals surface area contributed by atoms with Gasteiger partial charge in [0.15, 0.2) is 5.89 Å². The topological polar surface area (TPSA) is 49.6 Å². The summed E-state index contributed by atoms with van der Waals surface area (Å²) in [6.45, 7) is 8.90. The number of carbonyl (C=O) groups is 1. The maximum absolute atomic E-state index is 13.5. The minimum absolute atomic E-state index is 0.0494. The monoisotopic (exact) mass is 371 g/mol.